The zero-order valence-corrected chi connectivity index (χ0v) is 13.3. The van der Waals surface area contributed by atoms with Crippen LogP contribution in [0.25, 0.3) is 0 Å². The van der Waals surface area contributed by atoms with Crippen molar-refractivity contribution in [1.82, 2.24) is 5.32 Å². The van der Waals surface area contributed by atoms with E-state index in [1.807, 2.05) is 19.1 Å². The number of rotatable bonds is 4. The average Bonchev–Trinajstić information content (AvgIpc) is 2.74. The van der Waals surface area contributed by atoms with E-state index in [-0.39, 0.29) is 30.4 Å². The van der Waals surface area contributed by atoms with Crippen LogP contribution in [-0.4, -0.2) is 23.7 Å². The van der Waals surface area contributed by atoms with Crippen molar-refractivity contribution in [2.24, 2.45) is 5.92 Å². The summed E-state index contributed by atoms with van der Waals surface area (Å²) in [5.74, 6) is 0.0459. The molecule has 1 heterocycles. The molecule has 20 heavy (non-hydrogen) atoms. The molecule has 5 heteroatoms. The Bertz CT molecular complexity index is 449. The molecule has 1 aliphatic rings. The van der Waals surface area contributed by atoms with Gasteiger partial charge in [0.15, 0.2) is 0 Å². The van der Waals surface area contributed by atoms with Gasteiger partial charge < -0.3 is 10.4 Å². The summed E-state index contributed by atoms with van der Waals surface area (Å²) < 4.78 is 0.711. The summed E-state index contributed by atoms with van der Waals surface area (Å²) in [6.07, 6.45) is 5.43. The summed E-state index contributed by atoms with van der Waals surface area (Å²) in [6.45, 7) is 2.06. The van der Waals surface area contributed by atoms with Crippen molar-refractivity contribution in [2.45, 2.75) is 51.0 Å². The fourth-order valence-electron chi connectivity index (χ4n) is 2.79. The topological polar surface area (TPSA) is 49.3 Å². The van der Waals surface area contributed by atoms with Crippen LogP contribution in [0.15, 0.2) is 12.1 Å². The lowest BCUT2D eigenvalue weighted by molar-refractivity contribution is -0.123. The molecule has 1 amide bonds. The van der Waals surface area contributed by atoms with E-state index in [2.05, 4.69) is 5.32 Å². The number of carbonyl (C=O) groups is 1. The van der Waals surface area contributed by atoms with Crippen molar-refractivity contribution in [3.05, 3.63) is 21.3 Å². The molecule has 2 N–H and O–H groups in total. The molecule has 0 radical (unpaired) electrons. The van der Waals surface area contributed by atoms with Gasteiger partial charge in [-0.25, -0.2) is 0 Å². The molecule has 0 bridgehead atoms. The number of aliphatic hydroxyl groups is 1. The average molecular weight is 316 g/mol. The van der Waals surface area contributed by atoms with Crippen LogP contribution in [0, 0.1) is 5.92 Å². The molecule has 1 saturated carbocycles. The molecule has 1 aromatic rings. The Morgan fingerprint density at radius 2 is 2.20 bits per heavy atom. The highest BCUT2D eigenvalue weighted by Crippen LogP contribution is 2.29. The van der Waals surface area contributed by atoms with Gasteiger partial charge in [0.25, 0.3) is 0 Å². The highest BCUT2D eigenvalue weighted by Gasteiger charge is 2.27. The molecule has 3 unspecified atom stereocenters. The Hall–Kier alpha value is -0.580. The maximum atomic E-state index is 12.4. The third-order valence-electron chi connectivity index (χ3n) is 4.14. The first kappa shape index (κ1) is 15.8. The summed E-state index contributed by atoms with van der Waals surface area (Å²) >= 11 is 7.37. The number of aliphatic hydroxyl groups excluding tert-OH is 1. The zero-order chi connectivity index (χ0) is 14.5. The first-order valence-corrected chi connectivity index (χ1v) is 8.47. The SMILES string of the molecule is CC(C(=O)NC1CCCCCC1CO)c1ccc(Cl)s1. The van der Waals surface area contributed by atoms with Gasteiger partial charge in [0.05, 0.1) is 10.3 Å². The van der Waals surface area contributed by atoms with E-state index in [9.17, 15) is 9.90 Å². The minimum absolute atomic E-state index is 0.0360. The fraction of sp³-hybridized carbons (Fsp3) is 0.667. The molecule has 1 fully saturated rings. The van der Waals surface area contributed by atoms with Crippen molar-refractivity contribution in [3.8, 4) is 0 Å². The van der Waals surface area contributed by atoms with Crippen molar-refractivity contribution < 1.29 is 9.90 Å². The van der Waals surface area contributed by atoms with Gasteiger partial charge in [-0.15, -0.1) is 11.3 Å². The van der Waals surface area contributed by atoms with E-state index in [0.29, 0.717) is 4.34 Å². The number of amides is 1. The van der Waals surface area contributed by atoms with Gasteiger partial charge in [0.1, 0.15) is 0 Å². The minimum Gasteiger partial charge on any atom is -0.396 e. The van der Waals surface area contributed by atoms with Gasteiger partial charge >= 0.3 is 0 Å². The van der Waals surface area contributed by atoms with Crippen LogP contribution in [0.4, 0.5) is 0 Å². The third kappa shape index (κ3) is 3.96. The Kier molecular flexibility index (Phi) is 5.87. The molecule has 0 saturated heterocycles. The van der Waals surface area contributed by atoms with Crippen molar-refractivity contribution in [1.29, 1.82) is 0 Å². The maximum absolute atomic E-state index is 12.4. The molecule has 3 nitrogen and oxygen atoms in total. The van der Waals surface area contributed by atoms with Gasteiger partial charge in [-0.05, 0) is 31.9 Å². The Labute approximate surface area is 129 Å². The first-order chi connectivity index (χ1) is 9.61. The van der Waals surface area contributed by atoms with E-state index < -0.39 is 0 Å². The molecule has 112 valence electrons. The largest absolute Gasteiger partial charge is 0.396 e. The van der Waals surface area contributed by atoms with Gasteiger partial charge in [-0.3, -0.25) is 4.79 Å². The normalized spacial score (nSPS) is 24.9. The fourth-order valence-corrected chi connectivity index (χ4v) is 3.90. The molecule has 0 spiro atoms. The summed E-state index contributed by atoms with van der Waals surface area (Å²) in [7, 11) is 0. The highest BCUT2D eigenvalue weighted by atomic mass is 35.5. The maximum Gasteiger partial charge on any atom is 0.228 e. The lowest BCUT2D eigenvalue weighted by Gasteiger charge is -2.25. The Morgan fingerprint density at radius 1 is 1.45 bits per heavy atom. The second kappa shape index (κ2) is 7.43. The number of thiophene rings is 1. The smallest absolute Gasteiger partial charge is 0.228 e. The second-order valence-corrected chi connectivity index (χ2v) is 7.31. The molecule has 2 rings (SSSR count). The molecular formula is C15H22ClNO2S. The predicted molar refractivity (Wildman–Crippen MR) is 83.3 cm³/mol. The van der Waals surface area contributed by atoms with Crippen LogP contribution in [0.5, 0.6) is 0 Å². The molecule has 0 aromatic carbocycles. The van der Waals surface area contributed by atoms with E-state index in [1.54, 1.807) is 0 Å². The summed E-state index contributed by atoms with van der Waals surface area (Å²) in [5, 5.41) is 12.6. The molecule has 3 atom stereocenters. The van der Waals surface area contributed by atoms with Gasteiger partial charge in [0.2, 0.25) is 5.91 Å². The van der Waals surface area contributed by atoms with Gasteiger partial charge in [-0.2, -0.15) is 0 Å². The number of hydrogen-bond donors (Lipinski definition) is 2. The van der Waals surface area contributed by atoms with Crippen LogP contribution >= 0.6 is 22.9 Å². The Morgan fingerprint density at radius 3 is 2.85 bits per heavy atom. The van der Waals surface area contributed by atoms with E-state index in [0.717, 1.165) is 30.6 Å². The Balaban J connectivity index is 1.98. The summed E-state index contributed by atoms with van der Waals surface area (Å²) in [6, 6.07) is 3.84. The molecule has 1 aromatic heterocycles. The first-order valence-electron chi connectivity index (χ1n) is 7.28. The lowest BCUT2D eigenvalue weighted by Crippen LogP contribution is -2.42. The van der Waals surface area contributed by atoms with Gasteiger partial charge in [0, 0.05) is 23.4 Å². The van der Waals surface area contributed by atoms with E-state index >= 15 is 0 Å². The monoisotopic (exact) mass is 315 g/mol. The van der Waals surface area contributed by atoms with E-state index in [4.69, 9.17) is 11.6 Å². The van der Waals surface area contributed by atoms with Crippen LogP contribution < -0.4 is 5.32 Å². The zero-order valence-electron chi connectivity index (χ0n) is 11.8. The van der Waals surface area contributed by atoms with Crippen molar-refractivity contribution >= 4 is 28.8 Å². The number of halogens is 1. The predicted octanol–water partition coefficient (Wildman–Crippen LogP) is 3.56. The lowest BCUT2D eigenvalue weighted by atomic mass is 9.95. The number of nitrogens with one attached hydrogen (secondary N) is 1. The van der Waals surface area contributed by atoms with Crippen LogP contribution in [-0.2, 0) is 4.79 Å². The van der Waals surface area contributed by atoms with Crippen molar-refractivity contribution in [2.75, 3.05) is 6.61 Å². The van der Waals surface area contributed by atoms with Crippen molar-refractivity contribution in [3.63, 3.8) is 0 Å². The summed E-state index contributed by atoms with van der Waals surface area (Å²) in [5.41, 5.74) is 0. The standard InChI is InChI=1S/C15H22ClNO2S/c1-10(13-7-8-14(16)20-13)15(19)17-12-6-4-2-3-5-11(12)9-18/h7-8,10-12,18H,2-6,9H2,1H3,(H,17,19). The van der Waals surface area contributed by atoms with Crippen LogP contribution in [0.3, 0.4) is 0 Å². The number of hydrogen-bond acceptors (Lipinski definition) is 3. The quantitative estimate of drug-likeness (QED) is 0.835. The molecule has 0 aliphatic heterocycles. The number of carbonyl (C=O) groups excluding carboxylic acids is 1. The van der Waals surface area contributed by atoms with Crippen LogP contribution in [0.2, 0.25) is 4.34 Å². The third-order valence-corrected chi connectivity index (χ3v) is 5.55. The van der Waals surface area contributed by atoms with E-state index in [1.165, 1.54) is 17.8 Å². The highest BCUT2D eigenvalue weighted by molar-refractivity contribution is 7.16. The summed E-state index contributed by atoms with van der Waals surface area (Å²) in [4.78, 5) is 13.4. The molecule has 1 aliphatic carbocycles. The minimum atomic E-state index is -0.185. The van der Waals surface area contributed by atoms with Gasteiger partial charge in [-0.1, -0.05) is 30.9 Å². The molecular weight excluding hydrogens is 294 g/mol. The second-order valence-electron chi connectivity index (χ2n) is 5.56. The van der Waals surface area contributed by atoms with Crippen LogP contribution in [0.1, 0.15) is 49.8 Å².